The summed E-state index contributed by atoms with van der Waals surface area (Å²) in [5.74, 6) is 0. The summed E-state index contributed by atoms with van der Waals surface area (Å²) in [5, 5.41) is 1.38. The first-order valence-electron chi connectivity index (χ1n) is 6.17. The fraction of sp³-hybridized carbons (Fsp3) is 0.429. The normalized spacial score (nSPS) is 13.1. The van der Waals surface area contributed by atoms with E-state index >= 15 is 0 Å². The van der Waals surface area contributed by atoms with Gasteiger partial charge in [0.2, 0.25) is 0 Å². The van der Waals surface area contributed by atoms with Crippen LogP contribution in [0.3, 0.4) is 0 Å². The molecule has 86 valence electrons. The molecule has 1 unspecified atom stereocenters. The van der Waals surface area contributed by atoms with E-state index in [1.807, 2.05) is 0 Å². The van der Waals surface area contributed by atoms with Crippen LogP contribution in [-0.4, -0.2) is 25.1 Å². The maximum absolute atomic E-state index is 3.33. The maximum Gasteiger partial charge on any atom is 0.0810 e. The van der Waals surface area contributed by atoms with Crippen LogP contribution in [0.4, 0.5) is 0 Å². The number of para-hydroxylation sites is 1. The first kappa shape index (κ1) is 11.2. The van der Waals surface area contributed by atoms with Crippen molar-refractivity contribution in [2.75, 3.05) is 20.1 Å². The van der Waals surface area contributed by atoms with Crippen molar-refractivity contribution in [2.45, 2.75) is 19.8 Å². The Bertz CT molecular complexity index is 445. The zero-order chi connectivity index (χ0) is 11.4. The summed E-state index contributed by atoms with van der Waals surface area (Å²) in [4.78, 5) is 4.95. The van der Waals surface area contributed by atoms with E-state index in [1.54, 1.807) is 4.90 Å². The highest BCUT2D eigenvalue weighted by molar-refractivity contribution is 5.82. The summed E-state index contributed by atoms with van der Waals surface area (Å²) >= 11 is 0. The number of fused-ring (bicyclic) bond motifs is 1. The highest BCUT2D eigenvalue weighted by Gasteiger charge is 2.05. The molecular weight excluding hydrogens is 196 g/mol. The van der Waals surface area contributed by atoms with Crippen molar-refractivity contribution < 1.29 is 4.90 Å². The van der Waals surface area contributed by atoms with E-state index < -0.39 is 0 Å². The molecule has 0 spiro atoms. The van der Waals surface area contributed by atoms with Crippen LogP contribution >= 0.6 is 0 Å². The Labute approximate surface area is 97.3 Å². The number of aromatic amines is 1. The molecule has 0 aliphatic carbocycles. The number of nitrogens with one attached hydrogen (secondary N) is 2. The molecule has 1 aromatic heterocycles. The van der Waals surface area contributed by atoms with Crippen molar-refractivity contribution in [1.82, 2.24) is 4.98 Å². The second kappa shape index (κ2) is 5.17. The van der Waals surface area contributed by atoms with Crippen molar-refractivity contribution in [2.24, 2.45) is 0 Å². The van der Waals surface area contributed by atoms with E-state index in [9.17, 15) is 0 Å². The molecular formula is C14H21N2+. The van der Waals surface area contributed by atoms with Crippen LogP contribution in [0.2, 0.25) is 0 Å². The molecule has 0 aliphatic heterocycles. The van der Waals surface area contributed by atoms with E-state index in [2.05, 4.69) is 49.4 Å². The van der Waals surface area contributed by atoms with Gasteiger partial charge in [-0.05, 0) is 18.1 Å². The van der Waals surface area contributed by atoms with Gasteiger partial charge < -0.3 is 9.88 Å². The quantitative estimate of drug-likeness (QED) is 0.759. The SMILES string of the molecule is CCC[NH+](C)CCc1c[nH]c2ccccc12. The van der Waals surface area contributed by atoms with E-state index in [4.69, 9.17) is 0 Å². The van der Waals surface area contributed by atoms with Crippen molar-refractivity contribution in [3.05, 3.63) is 36.0 Å². The number of H-pyrrole nitrogens is 1. The van der Waals surface area contributed by atoms with Crippen molar-refractivity contribution in [3.8, 4) is 0 Å². The summed E-state index contributed by atoms with van der Waals surface area (Å²) in [6.45, 7) is 4.73. The molecule has 2 aromatic rings. The predicted octanol–water partition coefficient (Wildman–Crippen LogP) is 1.64. The van der Waals surface area contributed by atoms with Gasteiger partial charge in [0.25, 0.3) is 0 Å². The minimum atomic E-state index is 1.16. The molecule has 1 heterocycles. The third-order valence-corrected chi connectivity index (χ3v) is 3.17. The van der Waals surface area contributed by atoms with Gasteiger partial charge in [-0.3, -0.25) is 0 Å². The first-order chi connectivity index (χ1) is 7.81. The molecule has 0 amide bonds. The van der Waals surface area contributed by atoms with E-state index in [0.29, 0.717) is 0 Å². The summed E-state index contributed by atoms with van der Waals surface area (Å²) in [6, 6.07) is 8.54. The lowest BCUT2D eigenvalue weighted by atomic mass is 10.1. The summed E-state index contributed by atoms with van der Waals surface area (Å²) in [6.07, 6.45) is 4.58. The van der Waals surface area contributed by atoms with E-state index in [0.717, 1.165) is 6.42 Å². The van der Waals surface area contributed by atoms with Crippen molar-refractivity contribution in [3.63, 3.8) is 0 Å². The fourth-order valence-electron chi connectivity index (χ4n) is 2.24. The summed E-state index contributed by atoms with van der Waals surface area (Å²) < 4.78 is 0. The van der Waals surface area contributed by atoms with Crippen LogP contribution in [-0.2, 0) is 6.42 Å². The van der Waals surface area contributed by atoms with Gasteiger partial charge in [0, 0.05) is 23.5 Å². The molecule has 2 nitrogen and oxygen atoms in total. The summed E-state index contributed by atoms with van der Waals surface area (Å²) in [5.41, 5.74) is 2.71. The second-order valence-electron chi connectivity index (χ2n) is 4.57. The predicted molar refractivity (Wildman–Crippen MR) is 68.9 cm³/mol. The Kier molecular flexibility index (Phi) is 3.62. The zero-order valence-corrected chi connectivity index (χ0v) is 10.2. The van der Waals surface area contributed by atoms with Crippen LogP contribution in [0.1, 0.15) is 18.9 Å². The molecule has 0 saturated carbocycles. The lowest BCUT2D eigenvalue weighted by Gasteiger charge is -2.11. The third-order valence-electron chi connectivity index (χ3n) is 3.17. The highest BCUT2D eigenvalue weighted by Crippen LogP contribution is 2.17. The number of rotatable bonds is 5. The van der Waals surface area contributed by atoms with Gasteiger partial charge >= 0.3 is 0 Å². The number of likely N-dealkylation sites (N-methyl/N-ethyl adjacent to an activating group) is 1. The van der Waals surface area contributed by atoms with Gasteiger partial charge in [-0.15, -0.1) is 0 Å². The summed E-state index contributed by atoms with van der Waals surface area (Å²) in [7, 11) is 2.28. The first-order valence-corrected chi connectivity index (χ1v) is 6.17. The van der Waals surface area contributed by atoms with Gasteiger partial charge in [-0.25, -0.2) is 0 Å². The number of hydrogen-bond acceptors (Lipinski definition) is 0. The minimum Gasteiger partial charge on any atom is -0.361 e. The zero-order valence-electron chi connectivity index (χ0n) is 10.2. The highest BCUT2D eigenvalue weighted by atomic mass is 15.1. The molecule has 0 fully saturated rings. The number of benzene rings is 1. The molecule has 1 atom stereocenters. The number of quaternary nitrogens is 1. The Morgan fingerprint density at radius 1 is 1.19 bits per heavy atom. The largest absolute Gasteiger partial charge is 0.361 e. The molecule has 0 radical (unpaired) electrons. The Hall–Kier alpha value is -1.28. The van der Waals surface area contributed by atoms with Crippen LogP contribution < -0.4 is 4.90 Å². The van der Waals surface area contributed by atoms with Crippen LogP contribution in [0.5, 0.6) is 0 Å². The van der Waals surface area contributed by atoms with Crippen LogP contribution in [0.25, 0.3) is 10.9 Å². The monoisotopic (exact) mass is 217 g/mol. The molecule has 2 N–H and O–H groups in total. The van der Waals surface area contributed by atoms with Gasteiger partial charge in [0.05, 0.1) is 20.1 Å². The standard InChI is InChI=1S/C14H20N2/c1-3-9-16(2)10-8-12-11-15-14-7-5-4-6-13(12)14/h4-7,11,15H,3,8-10H2,1-2H3/p+1. The smallest absolute Gasteiger partial charge is 0.0810 e. The van der Waals surface area contributed by atoms with Gasteiger partial charge in [0.15, 0.2) is 0 Å². The molecule has 0 bridgehead atoms. The molecule has 16 heavy (non-hydrogen) atoms. The molecule has 2 rings (SSSR count). The van der Waals surface area contributed by atoms with Crippen molar-refractivity contribution >= 4 is 10.9 Å². The second-order valence-corrected chi connectivity index (χ2v) is 4.57. The Balaban J connectivity index is 2.04. The third kappa shape index (κ3) is 2.45. The molecule has 0 aliphatic rings. The van der Waals surface area contributed by atoms with Crippen LogP contribution in [0, 0.1) is 0 Å². The number of aromatic nitrogens is 1. The van der Waals surface area contributed by atoms with Gasteiger partial charge in [-0.1, -0.05) is 25.1 Å². The lowest BCUT2D eigenvalue weighted by molar-refractivity contribution is -0.879. The maximum atomic E-state index is 3.33. The van der Waals surface area contributed by atoms with E-state index in [1.165, 1.54) is 36.0 Å². The van der Waals surface area contributed by atoms with Crippen molar-refractivity contribution in [1.29, 1.82) is 0 Å². The average molecular weight is 217 g/mol. The number of hydrogen-bond donors (Lipinski definition) is 2. The molecule has 1 aromatic carbocycles. The lowest BCUT2D eigenvalue weighted by Crippen LogP contribution is -3.09. The van der Waals surface area contributed by atoms with E-state index in [-0.39, 0.29) is 0 Å². The topological polar surface area (TPSA) is 20.2 Å². The van der Waals surface area contributed by atoms with Gasteiger partial charge in [0.1, 0.15) is 0 Å². The Morgan fingerprint density at radius 3 is 2.81 bits per heavy atom. The average Bonchev–Trinajstić information content (AvgIpc) is 2.70. The molecule has 0 saturated heterocycles. The van der Waals surface area contributed by atoms with Gasteiger partial charge in [-0.2, -0.15) is 0 Å². The fourth-order valence-corrected chi connectivity index (χ4v) is 2.24. The molecule has 2 heteroatoms. The Morgan fingerprint density at radius 2 is 2.00 bits per heavy atom. The van der Waals surface area contributed by atoms with Crippen LogP contribution in [0.15, 0.2) is 30.5 Å². The minimum absolute atomic E-state index is 1.16.